The maximum atomic E-state index is 11.8. The first-order valence-electron chi connectivity index (χ1n) is 6.77. The van der Waals surface area contributed by atoms with Gasteiger partial charge >= 0.3 is 11.8 Å². The van der Waals surface area contributed by atoms with Gasteiger partial charge in [0.1, 0.15) is 11.9 Å². The van der Waals surface area contributed by atoms with Crippen molar-refractivity contribution >= 4 is 23.2 Å². The van der Waals surface area contributed by atoms with Crippen molar-refractivity contribution in [3.8, 4) is 0 Å². The lowest BCUT2D eigenvalue weighted by Gasteiger charge is -2.14. The van der Waals surface area contributed by atoms with Gasteiger partial charge in [-0.1, -0.05) is 0 Å². The van der Waals surface area contributed by atoms with E-state index < -0.39 is 11.8 Å². The smallest absolute Gasteiger partial charge is 0.309 e. The highest BCUT2D eigenvalue weighted by atomic mass is 32.1. The summed E-state index contributed by atoms with van der Waals surface area (Å²) in [6.45, 7) is 2.42. The zero-order chi connectivity index (χ0) is 15.9. The number of thiophene rings is 1. The zero-order valence-electron chi connectivity index (χ0n) is 12.4. The Morgan fingerprint density at radius 2 is 2.05 bits per heavy atom. The number of furan rings is 1. The number of carbonyl (C=O) groups excluding carboxylic acids is 2. The molecule has 0 aliphatic heterocycles. The maximum absolute atomic E-state index is 11.8. The van der Waals surface area contributed by atoms with E-state index in [0.717, 1.165) is 4.88 Å². The molecule has 0 saturated carbocycles. The van der Waals surface area contributed by atoms with Gasteiger partial charge in [-0.2, -0.15) is 0 Å². The second-order valence-electron chi connectivity index (χ2n) is 4.64. The Bertz CT molecular complexity index is 621. The number of nitrogens with one attached hydrogen (secondary N) is 2. The standard InChI is InChI=1S/C15H18N2O4S/c1-10-5-6-13(22-10)12(20-2)9-17-15(19)14(18)16-8-11-4-3-7-21-11/h3-7,12H,8-9H2,1-2H3,(H,16,18)(H,17,19)/t12-/m0/s1. The number of ether oxygens (including phenoxy) is 1. The Morgan fingerprint density at radius 1 is 1.27 bits per heavy atom. The summed E-state index contributed by atoms with van der Waals surface area (Å²) in [4.78, 5) is 25.6. The second-order valence-corrected chi connectivity index (χ2v) is 5.96. The van der Waals surface area contributed by atoms with Crippen molar-refractivity contribution in [1.29, 1.82) is 0 Å². The fourth-order valence-electron chi connectivity index (χ4n) is 1.85. The molecule has 2 amide bonds. The van der Waals surface area contributed by atoms with Gasteiger partial charge in [-0.25, -0.2) is 0 Å². The van der Waals surface area contributed by atoms with Gasteiger partial charge in [0, 0.05) is 23.4 Å². The maximum Gasteiger partial charge on any atom is 0.309 e. The van der Waals surface area contributed by atoms with Crippen molar-refractivity contribution < 1.29 is 18.7 Å². The third-order valence-corrected chi connectivity index (χ3v) is 4.11. The number of methoxy groups -OCH3 is 1. The molecule has 0 spiro atoms. The van der Waals surface area contributed by atoms with Crippen molar-refractivity contribution in [3.05, 3.63) is 46.0 Å². The molecule has 22 heavy (non-hydrogen) atoms. The highest BCUT2D eigenvalue weighted by Gasteiger charge is 2.18. The summed E-state index contributed by atoms with van der Waals surface area (Å²) in [6, 6.07) is 7.38. The predicted octanol–water partition coefficient (Wildman–Crippen LogP) is 1.77. The average Bonchev–Trinajstić information content (AvgIpc) is 3.17. The van der Waals surface area contributed by atoms with Gasteiger partial charge in [-0.05, 0) is 31.2 Å². The minimum Gasteiger partial charge on any atom is -0.467 e. The van der Waals surface area contributed by atoms with Crippen LogP contribution in [-0.4, -0.2) is 25.5 Å². The van der Waals surface area contributed by atoms with Crippen molar-refractivity contribution in [3.63, 3.8) is 0 Å². The van der Waals surface area contributed by atoms with E-state index in [9.17, 15) is 9.59 Å². The first kappa shape index (κ1) is 16.3. The number of rotatable bonds is 6. The van der Waals surface area contributed by atoms with Gasteiger partial charge in [-0.15, -0.1) is 11.3 Å². The molecule has 2 aromatic heterocycles. The molecule has 0 aromatic carbocycles. The van der Waals surface area contributed by atoms with Gasteiger partial charge in [0.05, 0.1) is 12.8 Å². The highest BCUT2D eigenvalue weighted by molar-refractivity contribution is 7.12. The number of carbonyl (C=O) groups is 2. The van der Waals surface area contributed by atoms with Crippen molar-refractivity contribution in [1.82, 2.24) is 10.6 Å². The summed E-state index contributed by atoms with van der Waals surface area (Å²) in [7, 11) is 1.57. The van der Waals surface area contributed by atoms with Gasteiger partial charge in [-0.3, -0.25) is 9.59 Å². The summed E-state index contributed by atoms with van der Waals surface area (Å²) in [5.74, 6) is -0.805. The fraction of sp³-hybridized carbons (Fsp3) is 0.333. The Kier molecular flexibility index (Phi) is 5.74. The van der Waals surface area contributed by atoms with Gasteiger partial charge in [0.2, 0.25) is 0 Å². The van der Waals surface area contributed by atoms with Crippen LogP contribution in [0.3, 0.4) is 0 Å². The van der Waals surface area contributed by atoms with E-state index in [-0.39, 0.29) is 19.2 Å². The van der Waals surface area contributed by atoms with Crippen LogP contribution in [0.4, 0.5) is 0 Å². The molecule has 2 N–H and O–H groups in total. The Hall–Kier alpha value is -2.12. The minimum absolute atomic E-state index is 0.178. The van der Waals surface area contributed by atoms with Gasteiger partial charge < -0.3 is 19.8 Å². The Labute approximate surface area is 132 Å². The normalized spacial score (nSPS) is 11.9. The van der Waals surface area contributed by atoms with E-state index in [1.165, 1.54) is 11.1 Å². The Balaban J connectivity index is 1.79. The number of hydrogen-bond donors (Lipinski definition) is 2. The molecule has 2 aromatic rings. The summed E-state index contributed by atoms with van der Waals surface area (Å²) < 4.78 is 10.4. The van der Waals surface area contributed by atoms with Crippen LogP contribution in [0.15, 0.2) is 34.9 Å². The first-order valence-corrected chi connectivity index (χ1v) is 7.59. The molecule has 7 heteroatoms. The average molecular weight is 322 g/mol. The molecule has 1 atom stereocenters. The van der Waals surface area contributed by atoms with E-state index in [4.69, 9.17) is 9.15 Å². The van der Waals surface area contributed by atoms with Crippen LogP contribution < -0.4 is 10.6 Å². The molecular formula is C15H18N2O4S. The predicted molar refractivity (Wildman–Crippen MR) is 82.4 cm³/mol. The van der Waals surface area contributed by atoms with Crippen molar-refractivity contribution in [2.24, 2.45) is 0 Å². The zero-order valence-corrected chi connectivity index (χ0v) is 13.2. The molecule has 118 valence electrons. The molecule has 0 fully saturated rings. The quantitative estimate of drug-likeness (QED) is 0.794. The molecule has 0 saturated heterocycles. The largest absolute Gasteiger partial charge is 0.467 e. The van der Waals surface area contributed by atoms with Crippen LogP contribution in [0, 0.1) is 6.92 Å². The third kappa shape index (κ3) is 4.44. The highest BCUT2D eigenvalue weighted by Crippen LogP contribution is 2.24. The molecule has 2 heterocycles. The van der Waals surface area contributed by atoms with Gasteiger partial charge in [0.15, 0.2) is 0 Å². The van der Waals surface area contributed by atoms with Crippen molar-refractivity contribution in [2.45, 2.75) is 19.6 Å². The summed E-state index contributed by atoms with van der Waals surface area (Å²) in [6.07, 6.45) is 1.24. The minimum atomic E-state index is -0.700. The monoisotopic (exact) mass is 322 g/mol. The molecule has 0 unspecified atom stereocenters. The van der Waals surface area contributed by atoms with E-state index in [2.05, 4.69) is 10.6 Å². The molecule has 6 nitrogen and oxygen atoms in total. The second kappa shape index (κ2) is 7.77. The number of amides is 2. The van der Waals surface area contributed by atoms with E-state index in [1.807, 2.05) is 19.1 Å². The van der Waals surface area contributed by atoms with E-state index in [1.54, 1.807) is 30.6 Å². The lowest BCUT2D eigenvalue weighted by atomic mass is 10.3. The van der Waals surface area contributed by atoms with Crippen molar-refractivity contribution in [2.75, 3.05) is 13.7 Å². The summed E-state index contributed by atoms with van der Waals surface area (Å²) >= 11 is 1.60. The van der Waals surface area contributed by atoms with Crippen LogP contribution >= 0.6 is 11.3 Å². The van der Waals surface area contributed by atoms with E-state index >= 15 is 0 Å². The van der Waals surface area contributed by atoms with Crippen LogP contribution in [0.5, 0.6) is 0 Å². The number of hydrogen-bond acceptors (Lipinski definition) is 5. The molecule has 0 aliphatic carbocycles. The van der Waals surface area contributed by atoms with E-state index in [0.29, 0.717) is 5.76 Å². The van der Waals surface area contributed by atoms with Gasteiger partial charge in [0.25, 0.3) is 0 Å². The lowest BCUT2D eigenvalue weighted by molar-refractivity contribution is -0.139. The number of aryl methyl sites for hydroxylation is 1. The van der Waals surface area contributed by atoms with Crippen LogP contribution in [0.2, 0.25) is 0 Å². The SMILES string of the molecule is CO[C@@H](CNC(=O)C(=O)NCc1ccco1)c1ccc(C)s1. The molecule has 2 rings (SSSR count). The first-order chi connectivity index (χ1) is 10.6. The topological polar surface area (TPSA) is 80.6 Å². The van der Waals surface area contributed by atoms with Crippen LogP contribution in [0.1, 0.15) is 21.6 Å². The molecule has 0 aliphatic rings. The molecular weight excluding hydrogens is 304 g/mol. The summed E-state index contributed by atoms with van der Waals surface area (Å²) in [5, 5.41) is 5.06. The third-order valence-electron chi connectivity index (χ3n) is 3.02. The molecule has 0 bridgehead atoms. The molecule has 0 radical (unpaired) electrons. The fourth-order valence-corrected chi connectivity index (χ4v) is 2.81. The lowest BCUT2D eigenvalue weighted by Crippen LogP contribution is -2.41. The van der Waals surface area contributed by atoms with Crippen LogP contribution in [0.25, 0.3) is 0 Å². The van der Waals surface area contributed by atoms with Crippen LogP contribution in [-0.2, 0) is 20.9 Å². The Morgan fingerprint density at radius 3 is 2.64 bits per heavy atom. The summed E-state index contributed by atoms with van der Waals surface area (Å²) in [5.41, 5.74) is 0.